The Labute approximate surface area is 94.3 Å². The van der Waals surface area contributed by atoms with Crippen molar-refractivity contribution >= 4 is 0 Å². The highest BCUT2D eigenvalue weighted by molar-refractivity contribution is 5.03. The number of hydrogen-bond donors (Lipinski definition) is 1. The van der Waals surface area contributed by atoms with Crippen molar-refractivity contribution in [2.24, 2.45) is 17.8 Å². The lowest BCUT2D eigenvalue weighted by atomic mass is 9.95. The second-order valence-electron chi connectivity index (χ2n) is 5.96. The normalized spacial score (nSPS) is 37.7. The Hall–Kier alpha value is -0.300. The molecule has 86 valence electrons. The summed E-state index contributed by atoms with van der Waals surface area (Å²) in [5.74, 6) is 3.09. The molecular formula is C14H25N. The fourth-order valence-electron chi connectivity index (χ4n) is 3.19. The average Bonchev–Trinajstić information content (AvgIpc) is 2.74. The van der Waals surface area contributed by atoms with E-state index in [0.29, 0.717) is 5.54 Å². The van der Waals surface area contributed by atoms with Crippen LogP contribution in [-0.4, -0.2) is 12.6 Å². The molecule has 1 heteroatoms. The van der Waals surface area contributed by atoms with E-state index < -0.39 is 0 Å². The van der Waals surface area contributed by atoms with E-state index >= 15 is 0 Å². The van der Waals surface area contributed by atoms with Crippen molar-refractivity contribution in [3.8, 4) is 0 Å². The molecule has 1 fully saturated rings. The fraction of sp³-hybridized carbons (Fsp3) is 0.857. The van der Waals surface area contributed by atoms with Gasteiger partial charge in [-0.25, -0.2) is 0 Å². The van der Waals surface area contributed by atoms with Gasteiger partial charge in [-0.2, -0.15) is 0 Å². The smallest absolute Gasteiger partial charge is 0.0125 e. The minimum absolute atomic E-state index is 0.332. The standard InChI is InChI=1S/C14H25N/c1-14(2,15-3)10-13-11-8-6-4-5-7-9-12(11)13/h4-5,11-13,15H,6-10H2,1-3H3/b5-4-/t11-,12+,13?. The van der Waals surface area contributed by atoms with E-state index in [9.17, 15) is 0 Å². The molecule has 0 aliphatic heterocycles. The zero-order valence-electron chi connectivity index (χ0n) is 10.4. The molecule has 0 aromatic rings. The number of rotatable bonds is 3. The first-order valence-electron chi connectivity index (χ1n) is 6.48. The van der Waals surface area contributed by atoms with Gasteiger partial charge < -0.3 is 5.32 Å². The molecule has 0 heterocycles. The van der Waals surface area contributed by atoms with E-state index in [-0.39, 0.29) is 0 Å². The van der Waals surface area contributed by atoms with E-state index in [1.807, 2.05) is 0 Å². The third kappa shape index (κ3) is 2.63. The molecule has 2 aliphatic carbocycles. The predicted octanol–water partition coefficient (Wildman–Crippen LogP) is 3.37. The summed E-state index contributed by atoms with van der Waals surface area (Å²) < 4.78 is 0. The molecule has 0 spiro atoms. The van der Waals surface area contributed by atoms with Crippen LogP contribution in [0.15, 0.2) is 12.2 Å². The third-order valence-electron chi connectivity index (χ3n) is 4.43. The summed E-state index contributed by atoms with van der Waals surface area (Å²) in [5, 5.41) is 3.44. The Morgan fingerprint density at radius 3 is 2.13 bits per heavy atom. The van der Waals surface area contributed by atoms with Gasteiger partial charge in [0.1, 0.15) is 0 Å². The quantitative estimate of drug-likeness (QED) is 0.700. The van der Waals surface area contributed by atoms with Gasteiger partial charge in [0.2, 0.25) is 0 Å². The van der Waals surface area contributed by atoms with Gasteiger partial charge >= 0.3 is 0 Å². The van der Waals surface area contributed by atoms with Crippen LogP contribution in [0, 0.1) is 17.8 Å². The Bertz CT molecular complexity index is 226. The minimum atomic E-state index is 0.332. The third-order valence-corrected chi connectivity index (χ3v) is 4.43. The highest BCUT2D eigenvalue weighted by Gasteiger charge is 2.49. The maximum Gasteiger partial charge on any atom is 0.0125 e. The molecule has 1 N–H and O–H groups in total. The first-order chi connectivity index (χ1) is 7.14. The second-order valence-corrected chi connectivity index (χ2v) is 5.96. The van der Waals surface area contributed by atoms with Crippen molar-refractivity contribution in [2.45, 2.75) is 51.5 Å². The van der Waals surface area contributed by atoms with Crippen LogP contribution >= 0.6 is 0 Å². The van der Waals surface area contributed by atoms with Gasteiger partial charge in [-0.05, 0) is 70.8 Å². The van der Waals surface area contributed by atoms with E-state index in [1.54, 1.807) is 0 Å². The monoisotopic (exact) mass is 207 g/mol. The summed E-state index contributed by atoms with van der Waals surface area (Å²) in [4.78, 5) is 0. The van der Waals surface area contributed by atoms with Crippen molar-refractivity contribution in [1.82, 2.24) is 5.32 Å². The predicted molar refractivity (Wildman–Crippen MR) is 65.8 cm³/mol. The zero-order valence-corrected chi connectivity index (χ0v) is 10.4. The van der Waals surface area contributed by atoms with Crippen molar-refractivity contribution in [1.29, 1.82) is 0 Å². The minimum Gasteiger partial charge on any atom is -0.315 e. The maximum absolute atomic E-state index is 3.44. The number of fused-ring (bicyclic) bond motifs is 1. The molecule has 0 saturated heterocycles. The lowest BCUT2D eigenvalue weighted by Gasteiger charge is -2.24. The average molecular weight is 207 g/mol. The molecule has 1 unspecified atom stereocenters. The van der Waals surface area contributed by atoms with Gasteiger partial charge in [0.15, 0.2) is 0 Å². The zero-order chi connectivity index (χ0) is 10.9. The van der Waals surface area contributed by atoms with Gasteiger partial charge in [-0.3, -0.25) is 0 Å². The topological polar surface area (TPSA) is 12.0 Å². The Morgan fingerprint density at radius 2 is 1.67 bits per heavy atom. The summed E-state index contributed by atoms with van der Waals surface area (Å²) in [5.41, 5.74) is 0.332. The molecular weight excluding hydrogens is 182 g/mol. The van der Waals surface area contributed by atoms with Gasteiger partial charge in [0, 0.05) is 5.54 Å². The first kappa shape index (κ1) is 11.2. The van der Waals surface area contributed by atoms with Crippen LogP contribution < -0.4 is 5.32 Å². The van der Waals surface area contributed by atoms with Crippen LogP contribution in [0.2, 0.25) is 0 Å². The number of allylic oxidation sites excluding steroid dienone is 2. The molecule has 0 amide bonds. The second kappa shape index (κ2) is 4.29. The Balaban J connectivity index is 1.87. The van der Waals surface area contributed by atoms with Gasteiger partial charge in [0.05, 0.1) is 0 Å². The molecule has 0 radical (unpaired) electrons. The van der Waals surface area contributed by atoms with Crippen LogP contribution in [-0.2, 0) is 0 Å². The van der Waals surface area contributed by atoms with Crippen LogP contribution in [0.5, 0.6) is 0 Å². The van der Waals surface area contributed by atoms with Gasteiger partial charge in [-0.1, -0.05) is 12.2 Å². The number of nitrogens with one attached hydrogen (secondary N) is 1. The van der Waals surface area contributed by atoms with Crippen LogP contribution in [0.4, 0.5) is 0 Å². The highest BCUT2D eigenvalue weighted by atomic mass is 14.9. The molecule has 0 aromatic carbocycles. The van der Waals surface area contributed by atoms with Crippen molar-refractivity contribution in [3.05, 3.63) is 12.2 Å². The summed E-state index contributed by atoms with van der Waals surface area (Å²) in [6.45, 7) is 4.66. The van der Waals surface area contributed by atoms with Crippen molar-refractivity contribution < 1.29 is 0 Å². The van der Waals surface area contributed by atoms with Crippen LogP contribution in [0.25, 0.3) is 0 Å². The van der Waals surface area contributed by atoms with Gasteiger partial charge in [-0.15, -0.1) is 0 Å². The van der Waals surface area contributed by atoms with Crippen molar-refractivity contribution in [2.75, 3.05) is 7.05 Å². The molecule has 3 atom stereocenters. The Kier molecular flexibility index (Phi) is 3.20. The van der Waals surface area contributed by atoms with Crippen LogP contribution in [0.3, 0.4) is 0 Å². The van der Waals surface area contributed by atoms with E-state index in [0.717, 1.165) is 17.8 Å². The molecule has 2 aliphatic rings. The molecule has 0 bridgehead atoms. The lowest BCUT2D eigenvalue weighted by Crippen LogP contribution is -2.36. The summed E-state index contributed by atoms with van der Waals surface area (Å²) in [6.07, 6.45) is 11.6. The van der Waals surface area contributed by atoms with Gasteiger partial charge in [0.25, 0.3) is 0 Å². The lowest BCUT2D eigenvalue weighted by molar-refractivity contribution is 0.355. The SMILES string of the molecule is CNC(C)(C)CC1[C@H]2CC/C=C\CC[C@@H]12. The maximum atomic E-state index is 3.44. The van der Waals surface area contributed by atoms with E-state index in [2.05, 4.69) is 38.4 Å². The number of hydrogen-bond acceptors (Lipinski definition) is 1. The molecule has 0 aromatic heterocycles. The summed E-state index contributed by atoms with van der Waals surface area (Å²) in [7, 11) is 2.09. The van der Waals surface area contributed by atoms with E-state index in [1.165, 1.54) is 32.1 Å². The Morgan fingerprint density at radius 1 is 1.13 bits per heavy atom. The molecule has 2 rings (SSSR count). The summed E-state index contributed by atoms with van der Waals surface area (Å²) >= 11 is 0. The van der Waals surface area contributed by atoms with Crippen molar-refractivity contribution in [3.63, 3.8) is 0 Å². The molecule has 1 nitrogen and oxygen atoms in total. The molecule has 1 saturated carbocycles. The first-order valence-corrected chi connectivity index (χ1v) is 6.48. The van der Waals surface area contributed by atoms with Crippen LogP contribution in [0.1, 0.15) is 46.0 Å². The fourth-order valence-corrected chi connectivity index (χ4v) is 3.19. The van der Waals surface area contributed by atoms with E-state index in [4.69, 9.17) is 0 Å². The summed E-state index contributed by atoms with van der Waals surface area (Å²) in [6, 6.07) is 0. The highest BCUT2D eigenvalue weighted by Crippen LogP contribution is 2.55. The largest absolute Gasteiger partial charge is 0.315 e. The molecule has 15 heavy (non-hydrogen) atoms.